The zero-order chi connectivity index (χ0) is 11.3. The van der Waals surface area contributed by atoms with Crippen LogP contribution >= 0.6 is 0 Å². The lowest BCUT2D eigenvalue weighted by Crippen LogP contribution is -2.40. The second-order valence-electron chi connectivity index (χ2n) is 4.59. The Morgan fingerprint density at radius 3 is 2.69 bits per heavy atom. The van der Waals surface area contributed by atoms with Crippen LogP contribution in [0.1, 0.15) is 44.3 Å². The SMILES string of the molecule is OC1(CNCc2ncon2)CCCCCC1. The molecule has 0 bridgehead atoms. The maximum absolute atomic E-state index is 10.4. The van der Waals surface area contributed by atoms with E-state index in [0.717, 1.165) is 25.7 Å². The van der Waals surface area contributed by atoms with Crippen LogP contribution in [-0.2, 0) is 6.54 Å². The molecule has 16 heavy (non-hydrogen) atoms. The molecule has 1 heterocycles. The van der Waals surface area contributed by atoms with Gasteiger partial charge < -0.3 is 14.9 Å². The van der Waals surface area contributed by atoms with Crippen molar-refractivity contribution in [2.24, 2.45) is 0 Å². The Kier molecular flexibility index (Phi) is 3.90. The van der Waals surface area contributed by atoms with Crippen molar-refractivity contribution in [2.75, 3.05) is 6.54 Å². The zero-order valence-electron chi connectivity index (χ0n) is 9.48. The molecule has 1 aliphatic carbocycles. The highest BCUT2D eigenvalue weighted by atomic mass is 16.5. The number of nitrogens with one attached hydrogen (secondary N) is 1. The molecule has 90 valence electrons. The van der Waals surface area contributed by atoms with E-state index in [1.807, 2.05) is 0 Å². The Morgan fingerprint density at radius 1 is 1.31 bits per heavy atom. The largest absolute Gasteiger partial charge is 0.389 e. The molecule has 2 rings (SSSR count). The van der Waals surface area contributed by atoms with Crippen molar-refractivity contribution < 1.29 is 9.63 Å². The molecule has 0 amide bonds. The van der Waals surface area contributed by atoms with E-state index in [1.54, 1.807) is 0 Å². The van der Waals surface area contributed by atoms with Crippen molar-refractivity contribution in [2.45, 2.75) is 50.7 Å². The molecule has 1 aliphatic rings. The second kappa shape index (κ2) is 5.41. The molecule has 2 N–H and O–H groups in total. The van der Waals surface area contributed by atoms with Gasteiger partial charge in [-0.2, -0.15) is 4.98 Å². The van der Waals surface area contributed by atoms with Crippen molar-refractivity contribution in [3.05, 3.63) is 12.2 Å². The molecule has 1 aromatic rings. The van der Waals surface area contributed by atoms with E-state index in [-0.39, 0.29) is 0 Å². The molecular formula is C11H19N3O2. The van der Waals surface area contributed by atoms with Gasteiger partial charge in [-0.15, -0.1) is 0 Å². The second-order valence-corrected chi connectivity index (χ2v) is 4.59. The Hall–Kier alpha value is -0.940. The molecule has 0 radical (unpaired) electrons. The first-order chi connectivity index (χ1) is 7.79. The van der Waals surface area contributed by atoms with Gasteiger partial charge in [0.05, 0.1) is 12.1 Å². The molecule has 0 aliphatic heterocycles. The average Bonchev–Trinajstić information content (AvgIpc) is 2.68. The molecule has 5 nitrogen and oxygen atoms in total. The molecule has 0 atom stereocenters. The molecule has 5 heteroatoms. The molecule has 1 fully saturated rings. The minimum absolute atomic E-state index is 0.541. The minimum Gasteiger partial charge on any atom is -0.389 e. The van der Waals surface area contributed by atoms with Gasteiger partial charge in [-0.1, -0.05) is 30.8 Å². The van der Waals surface area contributed by atoms with Crippen LogP contribution in [0.3, 0.4) is 0 Å². The summed E-state index contributed by atoms with van der Waals surface area (Å²) in [7, 11) is 0. The summed E-state index contributed by atoms with van der Waals surface area (Å²) in [5.41, 5.74) is -0.541. The summed E-state index contributed by atoms with van der Waals surface area (Å²) in [6.45, 7) is 1.17. The van der Waals surface area contributed by atoms with Crippen LogP contribution in [0.4, 0.5) is 0 Å². The maximum atomic E-state index is 10.4. The smallest absolute Gasteiger partial charge is 0.213 e. The van der Waals surface area contributed by atoms with Gasteiger partial charge >= 0.3 is 0 Å². The predicted octanol–water partition coefficient (Wildman–Crippen LogP) is 1.24. The summed E-state index contributed by atoms with van der Waals surface area (Å²) in [5, 5.41) is 17.3. The fourth-order valence-corrected chi connectivity index (χ4v) is 2.24. The third-order valence-electron chi connectivity index (χ3n) is 3.18. The number of nitrogens with zero attached hydrogens (tertiary/aromatic N) is 2. The number of aromatic nitrogens is 2. The van der Waals surface area contributed by atoms with E-state index in [2.05, 4.69) is 20.0 Å². The van der Waals surface area contributed by atoms with E-state index in [9.17, 15) is 5.11 Å². The van der Waals surface area contributed by atoms with E-state index < -0.39 is 5.60 Å². The van der Waals surface area contributed by atoms with Crippen molar-refractivity contribution in [3.8, 4) is 0 Å². The van der Waals surface area contributed by atoms with Gasteiger partial charge in [0, 0.05) is 6.54 Å². The predicted molar refractivity (Wildman–Crippen MR) is 58.7 cm³/mol. The van der Waals surface area contributed by atoms with Crippen LogP contribution < -0.4 is 5.32 Å². The Bertz CT molecular complexity index is 292. The summed E-state index contributed by atoms with van der Waals surface area (Å²) in [5.74, 6) is 0.636. The fourth-order valence-electron chi connectivity index (χ4n) is 2.24. The molecule has 1 saturated carbocycles. The van der Waals surface area contributed by atoms with Gasteiger partial charge in [0.25, 0.3) is 0 Å². The van der Waals surface area contributed by atoms with Crippen LogP contribution in [0.15, 0.2) is 10.9 Å². The molecule has 0 spiro atoms. The number of hydrogen-bond acceptors (Lipinski definition) is 5. The lowest BCUT2D eigenvalue weighted by atomic mass is 9.94. The Morgan fingerprint density at radius 2 is 2.06 bits per heavy atom. The molecular weight excluding hydrogens is 206 g/mol. The Labute approximate surface area is 95.2 Å². The lowest BCUT2D eigenvalue weighted by Gasteiger charge is -2.26. The highest BCUT2D eigenvalue weighted by Gasteiger charge is 2.27. The van der Waals surface area contributed by atoms with Crippen molar-refractivity contribution >= 4 is 0 Å². The van der Waals surface area contributed by atoms with E-state index in [4.69, 9.17) is 0 Å². The highest BCUT2D eigenvalue weighted by molar-refractivity contribution is 4.85. The van der Waals surface area contributed by atoms with Gasteiger partial charge in [0.15, 0.2) is 5.82 Å². The summed E-state index contributed by atoms with van der Waals surface area (Å²) >= 11 is 0. The zero-order valence-corrected chi connectivity index (χ0v) is 9.48. The standard InChI is InChI=1S/C11H19N3O2/c15-11(5-3-1-2-4-6-11)8-12-7-10-13-9-16-14-10/h9,12,15H,1-8H2. The van der Waals surface area contributed by atoms with E-state index in [1.165, 1.54) is 19.2 Å². The summed E-state index contributed by atoms with van der Waals surface area (Å²) in [4.78, 5) is 3.92. The molecule has 1 aromatic heterocycles. The summed E-state index contributed by atoms with van der Waals surface area (Å²) in [6.07, 6.45) is 7.84. The highest BCUT2D eigenvalue weighted by Crippen LogP contribution is 2.26. The fraction of sp³-hybridized carbons (Fsp3) is 0.818. The van der Waals surface area contributed by atoms with Gasteiger partial charge in [0.1, 0.15) is 0 Å². The minimum atomic E-state index is -0.541. The van der Waals surface area contributed by atoms with Gasteiger partial charge in [-0.25, -0.2) is 0 Å². The number of aliphatic hydroxyl groups is 1. The van der Waals surface area contributed by atoms with Gasteiger partial charge in [-0.3, -0.25) is 0 Å². The van der Waals surface area contributed by atoms with Crippen LogP contribution in [-0.4, -0.2) is 27.4 Å². The average molecular weight is 225 g/mol. The molecule has 0 unspecified atom stereocenters. The first-order valence-corrected chi connectivity index (χ1v) is 5.97. The van der Waals surface area contributed by atoms with E-state index >= 15 is 0 Å². The molecule has 0 saturated heterocycles. The normalized spacial score (nSPS) is 20.6. The third-order valence-corrected chi connectivity index (χ3v) is 3.18. The van der Waals surface area contributed by atoms with Gasteiger partial charge in [0.2, 0.25) is 6.39 Å². The summed E-state index contributed by atoms with van der Waals surface area (Å²) in [6, 6.07) is 0. The monoisotopic (exact) mass is 225 g/mol. The summed E-state index contributed by atoms with van der Waals surface area (Å²) < 4.78 is 4.64. The number of hydrogen-bond donors (Lipinski definition) is 2. The first-order valence-electron chi connectivity index (χ1n) is 5.97. The third kappa shape index (κ3) is 3.28. The van der Waals surface area contributed by atoms with Crippen LogP contribution in [0, 0.1) is 0 Å². The number of rotatable bonds is 4. The quantitative estimate of drug-likeness (QED) is 0.754. The van der Waals surface area contributed by atoms with Gasteiger partial charge in [-0.05, 0) is 12.8 Å². The Balaban J connectivity index is 1.75. The lowest BCUT2D eigenvalue weighted by molar-refractivity contribution is 0.0248. The van der Waals surface area contributed by atoms with Crippen LogP contribution in [0.5, 0.6) is 0 Å². The van der Waals surface area contributed by atoms with E-state index in [0.29, 0.717) is 18.9 Å². The van der Waals surface area contributed by atoms with Crippen molar-refractivity contribution in [3.63, 3.8) is 0 Å². The van der Waals surface area contributed by atoms with Crippen LogP contribution in [0.25, 0.3) is 0 Å². The van der Waals surface area contributed by atoms with Crippen molar-refractivity contribution in [1.29, 1.82) is 0 Å². The maximum Gasteiger partial charge on any atom is 0.213 e. The first kappa shape index (κ1) is 11.5. The van der Waals surface area contributed by atoms with Crippen molar-refractivity contribution in [1.82, 2.24) is 15.5 Å². The topological polar surface area (TPSA) is 71.2 Å². The molecule has 0 aromatic carbocycles. The van der Waals surface area contributed by atoms with Crippen LogP contribution in [0.2, 0.25) is 0 Å².